The van der Waals surface area contributed by atoms with Crippen LogP contribution in [0.25, 0.3) is 0 Å². The first-order chi connectivity index (χ1) is 36.3. The molecule has 0 unspecified atom stereocenters. The van der Waals surface area contributed by atoms with Gasteiger partial charge in [-0.3, -0.25) is 19.3 Å². The Bertz CT molecular complexity index is 3250. The van der Waals surface area contributed by atoms with E-state index in [2.05, 4.69) is 17.2 Å². The maximum Gasteiger partial charge on any atom is 0.329 e. The quantitative estimate of drug-likeness (QED) is 0.100. The summed E-state index contributed by atoms with van der Waals surface area (Å²) in [5, 5.41) is 13.7. The number of carbonyl (C=O) groups is 5. The smallest absolute Gasteiger partial charge is 0.329 e. The molecule has 0 radical (unpaired) electrons. The Morgan fingerprint density at radius 1 is 0.720 bits per heavy atom. The number of urea groups is 1. The van der Waals surface area contributed by atoms with Gasteiger partial charge in [0, 0.05) is 24.2 Å². The first-order valence-electron chi connectivity index (χ1n) is 24.8. The molecule has 4 aliphatic heterocycles. The Morgan fingerprint density at radius 3 is 1.97 bits per heavy atom. The van der Waals surface area contributed by atoms with E-state index in [-0.39, 0.29) is 30.1 Å². The summed E-state index contributed by atoms with van der Waals surface area (Å²) >= 11 is 0. The predicted molar refractivity (Wildman–Crippen MR) is 277 cm³/mol. The van der Waals surface area contributed by atoms with E-state index in [9.17, 15) is 9.90 Å². The topological polar surface area (TPSA) is 173 Å². The Morgan fingerprint density at radius 2 is 1.35 bits per heavy atom. The molecule has 75 heavy (non-hydrogen) atoms. The van der Waals surface area contributed by atoms with Crippen molar-refractivity contribution < 1.29 is 52.8 Å². The monoisotopic (exact) mass is 1010 g/mol. The van der Waals surface area contributed by atoms with Crippen LogP contribution in [-0.4, -0.2) is 91.8 Å². The molecule has 1 spiro atoms. The average molecular weight is 1010 g/mol. The first kappa shape index (κ1) is 49.9. The van der Waals surface area contributed by atoms with Gasteiger partial charge in [0.15, 0.2) is 11.5 Å². The van der Waals surface area contributed by atoms with Gasteiger partial charge in [-0.1, -0.05) is 98.5 Å². The zero-order valence-electron chi connectivity index (χ0n) is 42.3. The number of morpholine rings is 1. The van der Waals surface area contributed by atoms with E-state index in [0.29, 0.717) is 45.9 Å². The van der Waals surface area contributed by atoms with Crippen molar-refractivity contribution in [1.82, 2.24) is 15.1 Å². The number of ether oxygens (including phenoxy) is 5. The third kappa shape index (κ3) is 8.64. The molecular formula is C60H56N4O11. The Balaban J connectivity index is 1.26. The lowest BCUT2D eigenvalue weighted by molar-refractivity contribution is -0.179. The molecule has 4 aliphatic rings. The molecule has 4 amide bonds. The highest BCUT2D eigenvalue weighted by Gasteiger charge is 2.76. The van der Waals surface area contributed by atoms with E-state index in [1.54, 1.807) is 75.4 Å². The molecule has 0 bridgehead atoms. The number of amides is 4. The number of rotatable bonds is 10. The highest BCUT2D eigenvalue weighted by atomic mass is 16.6. The van der Waals surface area contributed by atoms with Crippen molar-refractivity contribution in [3.05, 3.63) is 184 Å². The third-order valence-electron chi connectivity index (χ3n) is 15.0. The van der Waals surface area contributed by atoms with Crippen LogP contribution in [0.15, 0.2) is 140 Å². The lowest BCUT2D eigenvalue weighted by Gasteiger charge is -2.46. The van der Waals surface area contributed by atoms with Gasteiger partial charge in [-0.15, -0.1) is 0 Å². The molecule has 0 saturated carbocycles. The number of hydrogen-bond acceptors (Lipinski definition) is 12. The highest BCUT2D eigenvalue weighted by Crippen LogP contribution is 2.66. The molecule has 7 atom stereocenters. The molecule has 15 nitrogen and oxygen atoms in total. The number of methoxy groups -OCH3 is 4. The van der Waals surface area contributed by atoms with E-state index < -0.39 is 77.3 Å². The number of anilines is 1. The number of hydrogen-bond donors (Lipinski definition) is 2. The zero-order chi connectivity index (χ0) is 52.7. The minimum atomic E-state index is -2.13. The number of nitrogens with one attached hydrogen (secondary N) is 1. The molecule has 4 heterocycles. The van der Waals surface area contributed by atoms with Crippen LogP contribution >= 0.6 is 0 Å². The molecule has 2 fully saturated rings. The first-order valence-corrected chi connectivity index (χ1v) is 24.8. The number of esters is 2. The number of fused-ring (bicyclic) bond motifs is 4. The van der Waals surface area contributed by atoms with Crippen LogP contribution in [0.3, 0.4) is 0 Å². The normalized spacial score (nSPS) is 22.0. The number of imide groups is 1. The lowest BCUT2D eigenvalue weighted by atomic mass is 9.64. The third-order valence-corrected chi connectivity index (χ3v) is 15.0. The molecular weight excluding hydrogens is 953 g/mol. The van der Waals surface area contributed by atoms with Gasteiger partial charge in [0.1, 0.15) is 35.1 Å². The molecule has 0 aliphatic carbocycles. The van der Waals surface area contributed by atoms with Crippen molar-refractivity contribution in [3.63, 3.8) is 0 Å². The van der Waals surface area contributed by atoms with Crippen molar-refractivity contribution in [1.29, 1.82) is 0 Å². The minimum Gasteiger partial charge on any atom is -0.508 e. The van der Waals surface area contributed by atoms with Gasteiger partial charge < -0.3 is 39.0 Å². The van der Waals surface area contributed by atoms with E-state index in [4.69, 9.17) is 23.7 Å². The number of phenols is 1. The molecule has 15 heteroatoms. The van der Waals surface area contributed by atoms with E-state index >= 15 is 19.2 Å². The number of carbonyl (C=O) groups excluding carboxylic acids is 5. The number of cyclic esters (lactones) is 1. The maximum atomic E-state index is 16.9. The fraction of sp³-hybridized carbons (Fsp3) is 0.283. The largest absolute Gasteiger partial charge is 0.508 e. The lowest BCUT2D eigenvalue weighted by Crippen LogP contribution is -2.58. The Hall–Kier alpha value is -8.61. The van der Waals surface area contributed by atoms with Crippen LogP contribution in [0, 0.1) is 23.7 Å². The zero-order valence-corrected chi connectivity index (χ0v) is 42.3. The van der Waals surface area contributed by atoms with Crippen LogP contribution in [-0.2, 0) is 47.0 Å². The van der Waals surface area contributed by atoms with Crippen LogP contribution in [0.1, 0.15) is 76.5 Å². The number of phenolic OH excluding ortho intramolecular Hbond substituents is 1. The summed E-state index contributed by atoms with van der Waals surface area (Å²) in [6.07, 6.45) is -0.561. The Kier molecular flexibility index (Phi) is 13.6. The summed E-state index contributed by atoms with van der Waals surface area (Å²) in [4.78, 5) is 82.3. The van der Waals surface area contributed by atoms with Gasteiger partial charge in [-0.05, 0) is 112 Å². The molecule has 10 rings (SSSR count). The number of benzene rings is 6. The van der Waals surface area contributed by atoms with Gasteiger partial charge in [0.25, 0.3) is 0 Å². The van der Waals surface area contributed by atoms with Crippen molar-refractivity contribution >= 4 is 35.5 Å². The fourth-order valence-electron chi connectivity index (χ4n) is 11.5. The van der Waals surface area contributed by atoms with E-state index in [1.807, 2.05) is 89.8 Å². The van der Waals surface area contributed by atoms with Gasteiger partial charge in [0.2, 0.25) is 11.8 Å². The molecule has 6 aromatic carbocycles. The van der Waals surface area contributed by atoms with Gasteiger partial charge in [-0.2, -0.15) is 0 Å². The van der Waals surface area contributed by atoms with Crippen molar-refractivity contribution in [2.45, 2.75) is 62.5 Å². The van der Waals surface area contributed by atoms with Gasteiger partial charge >= 0.3 is 18.0 Å². The van der Waals surface area contributed by atoms with E-state index in [1.165, 1.54) is 26.4 Å². The highest BCUT2D eigenvalue weighted by molar-refractivity contribution is 6.25. The number of nitrogens with zero attached hydrogens (tertiary/aromatic N) is 3. The van der Waals surface area contributed by atoms with Crippen LogP contribution in [0.5, 0.6) is 23.0 Å². The van der Waals surface area contributed by atoms with E-state index in [0.717, 1.165) is 21.6 Å². The second-order valence-corrected chi connectivity index (χ2v) is 19.4. The molecule has 2 N–H and O–H groups in total. The minimum absolute atomic E-state index is 0.0633. The summed E-state index contributed by atoms with van der Waals surface area (Å²) in [7, 11) is 5.88. The summed E-state index contributed by atoms with van der Waals surface area (Å²) in [5.41, 5.74) is 2.90. The van der Waals surface area contributed by atoms with Gasteiger partial charge in [-0.25, -0.2) is 14.5 Å². The molecule has 6 aromatic rings. The average Bonchev–Trinajstić information content (AvgIpc) is 4.01. The maximum absolute atomic E-state index is 16.9. The summed E-state index contributed by atoms with van der Waals surface area (Å²) in [6.45, 7) is 3.75. The molecule has 2 saturated heterocycles. The SMILES string of the molecule is COC(=O)[C@@H](NC(=O)N1C(=O)[C@@]2(c3cc(C#Cc4ccc(OC)cc4)ccc31)[C@H](C(=O)N1CCc3cc(OC)c(OC)cc3C1)[C@H]1C(=O)O[C@H](c3ccccc3)[C@H](c3ccccc3)N1[C@@H]2c1ccc(O)cc1)C(C)C. The second kappa shape index (κ2) is 20.4. The predicted octanol–water partition coefficient (Wildman–Crippen LogP) is 7.98. The molecule has 0 aromatic heterocycles. The standard InChI is InChI=1S/C60H56N4O11/c1-35(2)50(56(67)74-6)61-59(70)63-46-28-21-37(18-17-36-19-26-44(71-3)27-20-36)31-45(46)60(58(63)69)49(55(66)62-30-29-41-32-47(72-4)48(73-5)33-42(41)34-62)52-57(68)75-53(39-15-11-8-12-16-39)51(38-13-9-7-10-14-38)64(52)54(60)40-22-24-43(65)25-23-40/h7-16,19-28,31-33,35,49-54,65H,29-30,34H2,1-6H3,(H,61,70)/t49-,50-,51-,52-,53+,54+,60-/m0/s1. The number of aromatic hydroxyl groups is 1. The molecule has 382 valence electrons. The van der Waals surface area contributed by atoms with Crippen LogP contribution < -0.4 is 24.4 Å². The Labute approximate surface area is 434 Å². The second-order valence-electron chi connectivity index (χ2n) is 19.4. The summed E-state index contributed by atoms with van der Waals surface area (Å²) in [5.74, 6) is 3.16. The fourth-order valence-corrected chi connectivity index (χ4v) is 11.5. The summed E-state index contributed by atoms with van der Waals surface area (Å²) in [6, 6.07) is 35.4. The van der Waals surface area contributed by atoms with Crippen LogP contribution in [0.4, 0.5) is 10.5 Å². The van der Waals surface area contributed by atoms with Gasteiger partial charge in [0.05, 0.1) is 52.1 Å². The van der Waals surface area contributed by atoms with Crippen molar-refractivity contribution in [2.24, 2.45) is 11.8 Å². The van der Waals surface area contributed by atoms with Crippen molar-refractivity contribution in [2.75, 3.05) is 39.9 Å². The summed E-state index contributed by atoms with van der Waals surface area (Å²) < 4.78 is 28.5. The van der Waals surface area contributed by atoms with Crippen LogP contribution in [0.2, 0.25) is 0 Å². The van der Waals surface area contributed by atoms with Crippen molar-refractivity contribution in [3.8, 4) is 34.8 Å².